The zero-order valence-electron chi connectivity index (χ0n) is 14.6. The standard InChI is InChI=1S/C18H31NO4/c1-4-22-12-14-13(15-9-10-16(14)23-15)8-6-5-7-11-18(2,3)17(20)19-21/h5-6,13-16,21H,4,7-12H2,1-3H3,(H,19,20)/b6-5-/t13-,14+,15-,16+/m0/s1. The Labute approximate surface area is 139 Å². The van der Waals surface area contributed by atoms with Crippen molar-refractivity contribution >= 4 is 5.91 Å². The predicted molar refractivity (Wildman–Crippen MR) is 88.1 cm³/mol. The number of fused-ring (bicyclic) bond motifs is 2. The number of carbonyl (C=O) groups excluding carboxylic acids is 1. The lowest BCUT2D eigenvalue weighted by Gasteiger charge is -2.26. The van der Waals surface area contributed by atoms with Gasteiger partial charge in [-0.25, -0.2) is 5.48 Å². The summed E-state index contributed by atoms with van der Waals surface area (Å²) in [6.07, 6.45) is 10.1. The first-order valence-electron chi connectivity index (χ1n) is 8.82. The highest BCUT2D eigenvalue weighted by Crippen LogP contribution is 2.45. The number of hydrogen-bond acceptors (Lipinski definition) is 4. The van der Waals surface area contributed by atoms with E-state index in [1.807, 2.05) is 20.8 Å². The van der Waals surface area contributed by atoms with Crippen molar-refractivity contribution in [1.82, 2.24) is 5.48 Å². The van der Waals surface area contributed by atoms with Gasteiger partial charge >= 0.3 is 0 Å². The molecule has 0 unspecified atom stereocenters. The molecule has 4 atom stereocenters. The van der Waals surface area contributed by atoms with Crippen LogP contribution >= 0.6 is 0 Å². The average Bonchev–Trinajstić information content (AvgIpc) is 3.13. The summed E-state index contributed by atoms with van der Waals surface area (Å²) in [4.78, 5) is 11.5. The van der Waals surface area contributed by atoms with E-state index in [9.17, 15) is 4.79 Å². The van der Waals surface area contributed by atoms with E-state index in [1.54, 1.807) is 5.48 Å². The summed E-state index contributed by atoms with van der Waals surface area (Å²) >= 11 is 0. The molecule has 2 rings (SSSR count). The molecule has 0 saturated carbocycles. The van der Waals surface area contributed by atoms with Crippen molar-refractivity contribution in [2.45, 2.75) is 65.1 Å². The minimum absolute atomic E-state index is 0.329. The summed E-state index contributed by atoms with van der Waals surface area (Å²) in [5.74, 6) is 0.754. The van der Waals surface area contributed by atoms with E-state index in [1.165, 1.54) is 12.8 Å². The van der Waals surface area contributed by atoms with Crippen molar-refractivity contribution < 1.29 is 19.5 Å². The van der Waals surface area contributed by atoms with Crippen LogP contribution in [0, 0.1) is 17.3 Å². The molecule has 2 heterocycles. The van der Waals surface area contributed by atoms with Gasteiger partial charge < -0.3 is 9.47 Å². The molecule has 0 aliphatic carbocycles. The summed E-state index contributed by atoms with van der Waals surface area (Å²) in [5.41, 5.74) is 1.19. The van der Waals surface area contributed by atoms with Gasteiger partial charge in [-0.15, -0.1) is 0 Å². The van der Waals surface area contributed by atoms with Crippen LogP contribution in [0.2, 0.25) is 0 Å². The van der Waals surface area contributed by atoms with E-state index in [-0.39, 0.29) is 5.91 Å². The fourth-order valence-corrected chi connectivity index (χ4v) is 3.76. The Morgan fingerprint density at radius 3 is 2.65 bits per heavy atom. The number of nitrogens with one attached hydrogen (secondary N) is 1. The summed E-state index contributed by atoms with van der Waals surface area (Å²) in [6, 6.07) is 0. The van der Waals surface area contributed by atoms with Crippen molar-refractivity contribution in [1.29, 1.82) is 0 Å². The SMILES string of the molecule is CCOC[C@@H]1[C@H](C/C=C\CCC(C)(C)C(=O)NO)[C@@H]2CC[C@H]1O2. The van der Waals surface area contributed by atoms with E-state index < -0.39 is 5.41 Å². The topological polar surface area (TPSA) is 67.8 Å². The van der Waals surface area contributed by atoms with Gasteiger partial charge in [0.05, 0.1) is 18.8 Å². The van der Waals surface area contributed by atoms with E-state index in [2.05, 4.69) is 12.2 Å². The Kier molecular flexibility index (Phi) is 6.62. The molecule has 5 heteroatoms. The number of carbonyl (C=O) groups is 1. The smallest absolute Gasteiger partial charge is 0.248 e. The zero-order chi connectivity index (χ0) is 16.9. The van der Waals surface area contributed by atoms with Crippen molar-refractivity contribution in [3.63, 3.8) is 0 Å². The van der Waals surface area contributed by atoms with E-state index in [4.69, 9.17) is 14.7 Å². The van der Waals surface area contributed by atoms with Gasteiger partial charge in [-0.2, -0.15) is 0 Å². The maximum atomic E-state index is 11.5. The molecule has 2 aliphatic heterocycles. The molecule has 2 aliphatic rings. The summed E-state index contributed by atoms with van der Waals surface area (Å²) in [7, 11) is 0. The molecule has 2 bridgehead atoms. The Hall–Kier alpha value is -0.910. The van der Waals surface area contributed by atoms with Crippen molar-refractivity contribution in [3.8, 4) is 0 Å². The first-order valence-corrected chi connectivity index (χ1v) is 8.82. The minimum Gasteiger partial charge on any atom is -0.381 e. The molecule has 0 spiro atoms. The molecule has 132 valence electrons. The van der Waals surface area contributed by atoms with Crippen molar-refractivity contribution in [3.05, 3.63) is 12.2 Å². The van der Waals surface area contributed by atoms with Crippen LogP contribution in [0.5, 0.6) is 0 Å². The van der Waals surface area contributed by atoms with Gasteiger partial charge in [0.15, 0.2) is 0 Å². The molecule has 1 amide bonds. The summed E-state index contributed by atoms with van der Waals surface area (Å²) in [5, 5.41) is 8.73. The molecule has 5 nitrogen and oxygen atoms in total. The van der Waals surface area contributed by atoms with Crippen molar-refractivity contribution in [2.24, 2.45) is 17.3 Å². The summed E-state index contributed by atoms with van der Waals surface area (Å²) in [6.45, 7) is 7.29. The predicted octanol–water partition coefficient (Wildman–Crippen LogP) is 3.07. The molecule has 0 aromatic rings. The third kappa shape index (κ3) is 4.55. The number of amides is 1. The maximum absolute atomic E-state index is 11.5. The van der Waals surface area contributed by atoms with Crippen LogP contribution in [0.4, 0.5) is 0 Å². The normalized spacial score (nSPS) is 30.3. The van der Waals surface area contributed by atoms with Crippen LogP contribution in [-0.4, -0.2) is 36.5 Å². The highest BCUT2D eigenvalue weighted by atomic mass is 16.5. The second-order valence-corrected chi connectivity index (χ2v) is 7.35. The van der Waals surface area contributed by atoms with Crippen LogP contribution in [0.15, 0.2) is 12.2 Å². The highest BCUT2D eigenvalue weighted by Gasteiger charge is 2.48. The Bertz CT molecular complexity index is 421. The summed E-state index contributed by atoms with van der Waals surface area (Å²) < 4.78 is 11.7. The van der Waals surface area contributed by atoms with Gasteiger partial charge in [0.1, 0.15) is 0 Å². The van der Waals surface area contributed by atoms with Gasteiger partial charge in [0.25, 0.3) is 0 Å². The zero-order valence-corrected chi connectivity index (χ0v) is 14.6. The fraction of sp³-hybridized carbons (Fsp3) is 0.833. The largest absolute Gasteiger partial charge is 0.381 e. The van der Waals surface area contributed by atoms with Crippen molar-refractivity contribution in [2.75, 3.05) is 13.2 Å². The molecule has 2 N–H and O–H groups in total. The Morgan fingerprint density at radius 1 is 1.30 bits per heavy atom. The van der Waals surface area contributed by atoms with Gasteiger partial charge in [-0.05, 0) is 44.9 Å². The molecule has 0 radical (unpaired) electrons. The molecule has 23 heavy (non-hydrogen) atoms. The quantitative estimate of drug-likeness (QED) is 0.388. The lowest BCUT2D eigenvalue weighted by atomic mass is 9.78. The minimum atomic E-state index is -0.549. The van der Waals surface area contributed by atoms with Crippen LogP contribution < -0.4 is 5.48 Å². The monoisotopic (exact) mass is 325 g/mol. The number of allylic oxidation sites excluding steroid dienone is 2. The second kappa shape index (κ2) is 8.27. The van der Waals surface area contributed by atoms with Crippen LogP contribution in [0.25, 0.3) is 0 Å². The molecule has 2 fully saturated rings. The molecule has 2 saturated heterocycles. The van der Waals surface area contributed by atoms with E-state index >= 15 is 0 Å². The number of rotatable bonds is 9. The third-order valence-electron chi connectivity index (χ3n) is 5.33. The first kappa shape index (κ1) is 18.4. The van der Waals surface area contributed by atoms with Gasteiger partial charge in [-0.3, -0.25) is 10.0 Å². The Morgan fingerprint density at radius 2 is 2.00 bits per heavy atom. The second-order valence-electron chi connectivity index (χ2n) is 7.35. The van der Waals surface area contributed by atoms with Gasteiger partial charge in [-0.1, -0.05) is 26.0 Å². The highest BCUT2D eigenvalue weighted by molar-refractivity contribution is 5.80. The molecular weight excluding hydrogens is 294 g/mol. The molecule has 0 aromatic carbocycles. The van der Waals surface area contributed by atoms with Gasteiger partial charge in [0.2, 0.25) is 5.91 Å². The third-order valence-corrected chi connectivity index (χ3v) is 5.33. The first-order chi connectivity index (χ1) is 11.0. The van der Waals surface area contributed by atoms with Crippen LogP contribution in [0.3, 0.4) is 0 Å². The maximum Gasteiger partial charge on any atom is 0.248 e. The molecule has 0 aromatic heterocycles. The number of hydrogen-bond donors (Lipinski definition) is 2. The molecular formula is C18H31NO4. The van der Waals surface area contributed by atoms with E-state index in [0.717, 1.165) is 26.1 Å². The fourth-order valence-electron chi connectivity index (χ4n) is 3.76. The number of hydroxylamine groups is 1. The van der Waals surface area contributed by atoms with Crippen LogP contribution in [0.1, 0.15) is 52.9 Å². The van der Waals surface area contributed by atoms with E-state index in [0.29, 0.717) is 30.5 Å². The van der Waals surface area contributed by atoms with Gasteiger partial charge in [0, 0.05) is 17.9 Å². The lowest BCUT2D eigenvalue weighted by Crippen LogP contribution is -2.34. The average molecular weight is 325 g/mol. The number of ether oxygens (including phenoxy) is 2. The van der Waals surface area contributed by atoms with Crippen LogP contribution in [-0.2, 0) is 14.3 Å². The lowest BCUT2D eigenvalue weighted by molar-refractivity contribution is -0.138. The Balaban J connectivity index is 1.77.